The molecule has 0 atom stereocenters. The van der Waals surface area contributed by atoms with Gasteiger partial charge < -0.3 is 4.74 Å². The van der Waals surface area contributed by atoms with Crippen LogP contribution in [0.5, 0.6) is 0 Å². The van der Waals surface area contributed by atoms with Crippen LogP contribution in [0.3, 0.4) is 0 Å². The number of halogens is 1. The number of hydrogen-bond acceptors (Lipinski definition) is 2. The first kappa shape index (κ1) is 21.3. The second-order valence-electron chi connectivity index (χ2n) is 6.61. The minimum absolute atomic E-state index is 0.220. The fourth-order valence-electron chi connectivity index (χ4n) is 3.10. The summed E-state index contributed by atoms with van der Waals surface area (Å²) in [5, 5.41) is 0. The number of aromatic nitrogens is 1. The maximum atomic E-state index is 13.3. The molecule has 0 saturated heterocycles. The molecule has 0 spiro atoms. The molecule has 1 heterocycles. The van der Waals surface area contributed by atoms with Gasteiger partial charge in [-0.1, -0.05) is 53.7 Å². The van der Waals surface area contributed by atoms with E-state index < -0.39 is 0 Å². The number of hydrogen-bond donors (Lipinski definition) is 0. The number of pyridine rings is 1. The Morgan fingerprint density at radius 3 is 1.92 bits per heavy atom. The Balaban J connectivity index is 0.00000151. The van der Waals surface area contributed by atoms with E-state index in [0.29, 0.717) is 18.4 Å². The average molecular weight is 346 g/mol. The van der Waals surface area contributed by atoms with Crippen LogP contribution < -0.4 is 0 Å². The van der Waals surface area contributed by atoms with Crippen LogP contribution in [0.15, 0.2) is 24.3 Å². The zero-order chi connectivity index (χ0) is 19.1. The Morgan fingerprint density at radius 2 is 1.48 bits per heavy atom. The smallest absolute Gasteiger partial charge is 0.123 e. The van der Waals surface area contributed by atoms with Crippen LogP contribution in [-0.4, -0.2) is 12.1 Å². The van der Waals surface area contributed by atoms with Crippen molar-refractivity contribution in [3.63, 3.8) is 0 Å². The molecule has 0 aliphatic carbocycles. The first-order valence-electron chi connectivity index (χ1n) is 9.14. The molecule has 0 aliphatic heterocycles. The summed E-state index contributed by atoms with van der Waals surface area (Å²) < 4.78 is 18.8. The lowest BCUT2D eigenvalue weighted by Crippen LogP contribution is -2.11. The first-order valence-corrected chi connectivity index (χ1v) is 9.14. The monoisotopic (exact) mass is 345 g/mol. The van der Waals surface area contributed by atoms with Crippen molar-refractivity contribution in [2.24, 2.45) is 0 Å². The molecular formula is C22H32FNO. The topological polar surface area (TPSA) is 22.1 Å². The molecule has 1 aromatic carbocycles. The molecule has 0 unspecified atom stereocenters. The Hall–Kier alpha value is -1.74. The highest BCUT2D eigenvalue weighted by Gasteiger charge is 2.21. The van der Waals surface area contributed by atoms with Gasteiger partial charge in [0.05, 0.1) is 6.61 Å². The van der Waals surface area contributed by atoms with E-state index in [-0.39, 0.29) is 5.82 Å². The highest BCUT2D eigenvalue weighted by molar-refractivity contribution is 5.72. The largest absolute Gasteiger partial charge is 0.380 e. The van der Waals surface area contributed by atoms with Crippen molar-refractivity contribution < 1.29 is 9.13 Å². The second-order valence-corrected chi connectivity index (χ2v) is 6.61. The van der Waals surface area contributed by atoms with Gasteiger partial charge in [0.1, 0.15) is 5.82 Å². The van der Waals surface area contributed by atoms with E-state index >= 15 is 0 Å². The SMILES string of the molecule is CC.COCc1c(C(C)C)nc(C(C)C)c(C)c1-c1ccc(F)cc1. The summed E-state index contributed by atoms with van der Waals surface area (Å²) in [4.78, 5) is 4.94. The lowest BCUT2D eigenvalue weighted by atomic mass is 9.88. The summed E-state index contributed by atoms with van der Waals surface area (Å²) in [7, 11) is 1.70. The van der Waals surface area contributed by atoms with Gasteiger partial charge >= 0.3 is 0 Å². The van der Waals surface area contributed by atoms with Crippen molar-refractivity contribution >= 4 is 0 Å². The Morgan fingerprint density at radius 1 is 0.960 bits per heavy atom. The van der Waals surface area contributed by atoms with E-state index in [1.165, 1.54) is 12.1 Å². The maximum absolute atomic E-state index is 13.3. The van der Waals surface area contributed by atoms with Crippen molar-refractivity contribution in [2.75, 3.05) is 7.11 Å². The number of rotatable bonds is 5. The van der Waals surface area contributed by atoms with Gasteiger partial charge in [-0.25, -0.2) is 4.39 Å². The fourth-order valence-corrected chi connectivity index (χ4v) is 3.10. The van der Waals surface area contributed by atoms with Crippen molar-refractivity contribution in [2.45, 2.75) is 66.9 Å². The normalized spacial score (nSPS) is 10.8. The molecule has 0 radical (unpaired) electrons. The van der Waals surface area contributed by atoms with Crippen LogP contribution in [0.4, 0.5) is 4.39 Å². The lowest BCUT2D eigenvalue weighted by Gasteiger charge is -2.23. The highest BCUT2D eigenvalue weighted by Crippen LogP contribution is 2.36. The number of nitrogens with zero attached hydrogens (tertiary/aromatic N) is 1. The summed E-state index contributed by atoms with van der Waals surface area (Å²) in [5.74, 6) is 0.419. The van der Waals surface area contributed by atoms with E-state index in [9.17, 15) is 4.39 Å². The van der Waals surface area contributed by atoms with Crippen LogP contribution in [-0.2, 0) is 11.3 Å². The van der Waals surface area contributed by atoms with Gasteiger partial charge in [-0.3, -0.25) is 4.98 Å². The minimum Gasteiger partial charge on any atom is -0.380 e. The molecule has 0 aliphatic rings. The van der Waals surface area contributed by atoms with Gasteiger partial charge in [0, 0.05) is 24.1 Å². The molecule has 0 bridgehead atoms. The molecule has 2 aromatic rings. The van der Waals surface area contributed by atoms with E-state index in [2.05, 4.69) is 34.6 Å². The highest BCUT2D eigenvalue weighted by atomic mass is 19.1. The zero-order valence-electron chi connectivity index (χ0n) is 16.9. The van der Waals surface area contributed by atoms with Crippen LogP contribution in [0.2, 0.25) is 0 Å². The lowest BCUT2D eigenvalue weighted by molar-refractivity contribution is 0.184. The molecule has 0 N–H and O–H groups in total. The molecule has 138 valence electrons. The molecule has 0 amide bonds. The Bertz CT molecular complexity index is 675. The summed E-state index contributed by atoms with van der Waals surface area (Å²) in [5.41, 5.74) is 6.59. The molecule has 2 nitrogen and oxygen atoms in total. The summed E-state index contributed by atoms with van der Waals surface area (Å²) in [6.07, 6.45) is 0. The van der Waals surface area contributed by atoms with Crippen LogP contribution in [0.25, 0.3) is 11.1 Å². The van der Waals surface area contributed by atoms with Crippen LogP contribution >= 0.6 is 0 Å². The van der Waals surface area contributed by atoms with Crippen molar-refractivity contribution in [1.29, 1.82) is 0 Å². The standard InChI is InChI=1S/C20H26FNO.C2H6/c1-12(2)19-14(5)18(15-7-9-16(21)10-8-15)17(11-23-6)20(22-19)13(3)4;1-2/h7-10,12-13H,11H2,1-6H3;1-2H3. The van der Waals surface area contributed by atoms with Crippen molar-refractivity contribution in [3.8, 4) is 11.1 Å². The third-order valence-electron chi connectivity index (χ3n) is 4.13. The van der Waals surface area contributed by atoms with Gasteiger partial charge in [-0.15, -0.1) is 0 Å². The zero-order valence-corrected chi connectivity index (χ0v) is 16.9. The minimum atomic E-state index is -0.220. The molecular weight excluding hydrogens is 313 g/mol. The van der Waals surface area contributed by atoms with Crippen LogP contribution in [0.1, 0.15) is 75.9 Å². The average Bonchev–Trinajstić information content (AvgIpc) is 2.58. The van der Waals surface area contributed by atoms with E-state index in [1.54, 1.807) is 7.11 Å². The van der Waals surface area contributed by atoms with Gasteiger partial charge in [-0.2, -0.15) is 0 Å². The third-order valence-corrected chi connectivity index (χ3v) is 4.13. The molecule has 1 aromatic heterocycles. The van der Waals surface area contributed by atoms with Crippen molar-refractivity contribution in [1.82, 2.24) is 4.98 Å². The number of methoxy groups -OCH3 is 1. The molecule has 25 heavy (non-hydrogen) atoms. The van der Waals surface area contributed by atoms with Crippen molar-refractivity contribution in [3.05, 3.63) is 52.6 Å². The summed E-state index contributed by atoms with van der Waals surface area (Å²) >= 11 is 0. The number of ether oxygens (including phenoxy) is 1. The van der Waals surface area contributed by atoms with E-state index in [4.69, 9.17) is 9.72 Å². The number of benzene rings is 1. The maximum Gasteiger partial charge on any atom is 0.123 e. The first-order chi connectivity index (χ1) is 11.9. The predicted molar refractivity (Wildman–Crippen MR) is 105 cm³/mol. The van der Waals surface area contributed by atoms with Gasteiger partial charge in [-0.05, 0) is 47.6 Å². The predicted octanol–water partition coefficient (Wildman–Crippen LogP) is 6.62. The second kappa shape index (κ2) is 9.67. The Labute approximate surface area is 152 Å². The van der Waals surface area contributed by atoms with Gasteiger partial charge in [0.15, 0.2) is 0 Å². The molecule has 3 heteroatoms. The van der Waals surface area contributed by atoms with E-state index in [0.717, 1.165) is 33.6 Å². The Kier molecular flexibility index (Phi) is 8.24. The summed E-state index contributed by atoms with van der Waals surface area (Å²) in [6, 6.07) is 6.70. The van der Waals surface area contributed by atoms with E-state index in [1.807, 2.05) is 26.0 Å². The molecule has 0 saturated carbocycles. The fraction of sp³-hybridized carbons (Fsp3) is 0.500. The van der Waals surface area contributed by atoms with Gasteiger partial charge in [0.25, 0.3) is 0 Å². The third kappa shape index (κ3) is 4.88. The molecule has 2 rings (SSSR count). The molecule has 0 fully saturated rings. The quantitative estimate of drug-likeness (QED) is 0.608. The van der Waals surface area contributed by atoms with Gasteiger partial charge in [0.2, 0.25) is 0 Å². The summed E-state index contributed by atoms with van der Waals surface area (Å²) in [6.45, 7) is 15.2. The van der Waals surface area contributed by atoms with Crippen LogP contribution in [0, 0.1) is 12.7 Å².